The Hall–Kier alpha value is -2.91. The third-order valence-electron chi connectivity index (χ3n) is 3.77. The quantitative estimate of drug-likeness (QED) is 0.280. The summed E-state index contributed by atoms with van der Waals surface area (Å²) < 4.78 is 16.3. The fraction of sp³-hybridized carbons (Fsp3) is 0.111. The molecule has 10 heteroatoms. The van der Waals surface area contributed by atoms with Gasteiger partial charge in [-0.15, -0.1) is 0 Å². The smallest absolute Gasteiger partial charge is 0.363 e. The van der Waals surface area contributed by atoms with Crippen LogP contribution < -0.4 is 9.47 Å². The van der Waals surface area contributed by atoms with E-state index in [1.54, 1.807) is 12.1 Å². The standard InChI is InChI=1S/C18H12BrClN2O6/c1-26-15-7-9(5-12(19)16(15)27-2)6-14-18(23)28-17(21-14)11-4-3-10(22(24)25)8-13(11)20/h3-8H,1-2H3/b14-6-. The zero-order chi connectivity index (χ0) is 20.4. The van der Waals surface area contributed by atoms with E-state index in [0.717, 1.165) is 0 Å². The molecule has 0 spiro atoms. The first kappa shape index (κ1) is 19.8. The topological polar surface area (TPSA) is 100 Å². The van der Waals surface area contributed by atoms with Gasteiger partial charge in [0.05, 0.1) is 34.2 Å². The van der Waals surface area contributed by atoms with Gasteiger partial charge in [-0.2, -0.15) is 0 Å². The van der Waals surface area contributed by atoms with Gasteiger partial charge in [-0.1, -0.05) is 11.6 Å². The number of cyclic esters (lactones) is 1. The van der Waals surface area contributed by atoms with Crippen molar-refractivity contribution in [2.45, 2.75) is 0 Å². The van der Waals surface area contributed by atoms with Gasteiger partial charge < -0.3 is 14.2 Å². The predicted octanol–water partition coefficient (Wildman–Crippen LogP) is 4.37. The Bertz CT molecular complexity index is 1050. The largest absolute Gasteiger partial charge is 0.493 e. The molecule has 0 radical (unpaired) electrons. The Morgan fingerprint density at radius 2 is 2.00 bits per heavy atom. The summed E-state index contributed by atoms with van der Waals surface area (Å²) in [5.41, 5.74) is 0.766. The van der Waals surface area contributed by atoms with E-state index in [9.17, 15) is 14.9 Å². The monoisotopic (exact) mass is 466 g/mol. The van der Waals surface area contributed by atoms with E-state index in [-0.39, 0.29) is 27.9 Å². The number of nitro benzene ring substituents is 1. The number of rotatable bonds is 5. The third-order valence-corrected chi connectivity index (χ3v) is 4.68. The highest BCUT2D eigenvalue weighted by molar-refractivity contribution is 9.10. The number of hydrogen-bond acceptors (Lipinski definition) is 7. The summed E-state index contributed by atoms with van der Waals surface area (Å²) in [6.45, 7) is 0. The van der Waals surface area contributed by atoms with Crippen LogP contribution in [0.15, 0.2) is 45.5 Å². The molecule has 1 aliphatic heterocycles. The predicted molar refractivity (Wildman–Crippen MR) is 106 cm³/mol. The zero-order valence-corrected chi connectivity index (χ0v) is 16.9. The van der Waals surface area contributed by atoms with Crippen molar-refractivity contribution in [1.29, 1.82) is 0 Å². The van der Waals surface area contributed by atoms with Crippen molar-refractivity contribution in [3.63, 3.8) is 0 Å². The van der Waals surface area contributed by atoms with Gasteiger partial charge in [0.2, 0.25) is 5.90 Å². The Morgan fingerprint density at radius 1 is 1.25 bits per heavy atom. The van der Waals surface area contributed by atoms with Crippen LogP contribution in [-0.4, -0.2) is 31.0 Å². The molecule has 0 aliphatic carbocycles. The van der Waals surface area contributed by atoms with Crippen LogP contribution in [0.1, 0.15) is 11.1 Å². The van der Waals surface area contributed by atoms with Crippen molar-refractivity contribution in [3.05, 3.63) is 66.8 Å². The van der Waals surface area contributed by atoms with Crippen LogP contribution in [0.3, 0.4) is 0 Å². The molecule has 1 aliphatic rings. The second-order valence-electron chi connectivity index (χ2n) is 5.50. The van der Waals surface area contributed by atoms with E-state index >= 15 is 0 Å². The summed E-state index contributed by atoms with van der Waals surface area (Å²) in [6, 6.07) is 7.21. The summed E-state index contributed by atoms with van der Waals surface area (Å²) in [6.07, 6.45) is 1.52. The van der Waals surface area contributed by atoms with Crippen LogP contribution in [0.4, 0.5) is 5.69 Å². The van der Waals surface area contributed by atoms with Crippen molar-refractivity contribution in [2.24, 2.45) is 4.99 Å². The normalized spacial score (nSPS) is 14.6. The van der Waals surface area contributed by atoms with Crippen LogP contribution in [0.25, 0.3) is 6.08 Å². The molecule has 0 saturated carbocycles. The average Bonchev–Trinajstić information content (AvgIpc) is 3.01. The minimum absolute atomic E-state index is 0.0318. The van der Waals surface area contributed by atoms with E-state index in [1.807, 2.05) is 0 Å². The Balaban J connectivity index is 1.98. The summed E-state index contributed by atoms with van der Waals surface area (Å²) in [7, 11) is 3.01. The second kappa shape index (κ2) is 7.99. The molecule has 2 aromatic rings. The van der Waals surface area contributed by atoms with E-state index in [2.05, 4.69) is 20.9 Å². The van der Waals surface area contributed by atoms with E-state index in [0.29, 0.717) is 21.5 Å². The second-order valence-corrected chi connectivity index (χ2v) is 6.76. The maximum absolute atomic E-state index is 12.2. The van der Waals surface area contributed by atoms with Crippen LogP contribution >= 0.6 is 27.5 Å². The Morgan fingerprint density at radius 3 is 2.61 bits per heavy atom. The number of esters is 1. The van der Waals surface area contributed by atoms with Gasteiger partial charge in [0.15, 0.2) is 17.2 Å². The first-order valence-electron chi connectivity index (χ1n) is 7.72. The molecule has 144 valence electrons. The van der Waals surface area contributed by atoms with Crippen molar-refractivity contribution in [3.8, 4) is 11.5 Å². The number of hydrogen-bond donors (Lipinski definition) is 0. The molecule has 3 rings (SSSR count). The van der Waals surface area contributed by atoms with Gasteiger partial charge in [-0.3, -0.25) is 10.1 Å². The third kappa shape index (κ3) is 3.85. The molecule has 0 amide bonds. The molecule has 0 fully saturated rings. The van der Waals surface area contributed by atoms with Gasteiger partial charge in [-0.25, -0.2) is 9.79 Å². The number of ether oxygens (including phenoxy) is 3. The lowest BCUT2D eigenvalue weighted by molar-refractivity contribution is -0.384. The summed E-state index contributed by atoms with van der Waals surface area (Å²) >= 11 is 9.45. The molecule has 0 N–H and O–H groups in total. The fourth-order valence-electron chi connectivity index (χ4n) is 2.49. The number of halogens is 2. The lowest BCUT2D eigenvalue weighted by Crippen LogP contribution is -2.06. The van der Waals surface area contributed by atoms with E-state index in [1.165, 1.54) is 38.5 Å². The molecule has 0 bridgehead atoms. The first-order chi connectivity index (χ1) is 13.3. The highest BCUT2D eigenvalue weighted by Crippen LogP contribution is 2.37. The maximum Gasteiger partial charge on any atom is 0.363 e. The highest BCUT2D eigenvalue weighted by atomic mass is 79.9. The number of benzene rings is 2. The Labute approximate surface area is 172 Å². The van der Waals surface area contributed by atoms with E-state index in [4.69, 9.17) is 25.8 Å². The molecule has 0 saturated heterocycles. The fourth-order valence-corrected chi connectivity index (χ4v) is 3.37. The van der Waals surface area contributed by atoms with Crippen LogP contribution in [0.2, 0.25) is 5.02 Å². The lowest BCUT2D eigenvalue weighted by atomic mass is 10.1. The summed E-state index contributed by atoms with van der Waals surface area (Å²) in [4.78, 5) is 26.6. The highest BCUT2D eigenvalue weighted by Gasteiger charge is 2.26. The van der Waals surface area contributed by atoms with Gasteiger partial charge in [0, 0.05) is 12.1 Å². The number of carbonyl (C=O) groups excluding carboxylic acids is 1. The number of nitrogens with zero attached hydrogens (tertiary/aromatic N) is 2. The summed E-state index contributed by atoms with van der Waals surface area (Å²) in [5, 5.41) is 10.9. The number of nitro groups is 1. The van der Waals surface area contributed by atoms with Crippen molar-refractivity contribution >= 4 is 51.2 Å². The minimum Gasteiger partial charge on any atom is -0.493 e. The number of methoxy groups -OCH3 is 2. The minimum atomic E-state index is -0.671. The van der Waals surface area contributed by atoms with Crippen molar-refractivity contribution in [2.75, 3.05) is 14.2 Å². The van der Waals surface area contributed by atoms with Gasteiger partial charge in [-0.05, 0) is 45.8 Å². The molecule has 0 atom stereocenters. The molecule has 0 aromatic heterocycles. The SMILES string of the molecule is COc1cc(/C=C2\N=C(c3ccc([N+](=O)[O-])cc3Cl)OC2=O)cc(Br)c1OC. The van der Waals surface area contributed by atoms with Gasteiger partial charge in [0.25, 0.3) is 5.69 Å². The number of aliphatic imine (C=N–C) groups is 1. The summed E-state index contributed by atoms with van der Waals surface area (Å²) in [5.74, 6) is 0.282. The molecule has 2 aromatic carbocycles. The van der Waals surface area contributed by atoms with Crippen molar-refractivity contribution < 1.29 is 23.9 Å². The lowest BCUT2D eigenvalue weighted by Gasteiger charge is -2.10. The van der Waals surface area contributed by atoms with Crippen LogP contribution in [0.5, 0.6) is 11.5 Å². The van der Waals surface area contributed by atoms with Crippen LogP contribution in [0, 0.1) is 10.1 Å². The van der Waals surface area contributed by atoms with Gasteiger partial charge in [0.1, 0.15) is 0 Å². The van der Waals surface area contributed by atoms with Gasteiger partial charge >= 0.3 is 5.97 Å². The first-order valence-corrected chi connectivity index (χ1v) is 8.89. The number of non-ortho nitro benzene ring substituents is 1. The molecule has 28 heavy (non-hydrogen) atoms. The van der Waals surface area contributed by atoms with E-state index < -0.39 is 10.9 Å². The molecule has 1 heterocycles. The van der Waals surface area contributed by atoms with Crippen LogP contribution in [-0.2, 0) is 9.53 Å². The average molecular weight is 468 g/mol. The zero-order valence-electron chi connectivity index (χ0n) is 14.6. The molecule has 8 nitrogen and oxygen atoms in total. The molecular weight excluding hydrogens is 456 g/mol. The van der Waals surface area contributed by atoms with Crippen molar-refractivity contribution in [1.82, 2.24) is 0 Å². The Kier molecular flexibility index (Phi) is 5.66. The number of carbonyl (C=O) groups is 1. The maximum atomic E-state index is 12.2. The molecule has 0 unspecified atom stereocenters. The molecular formula is C18H12BrClN2O6.